The topological polar surface area (TPSA) is 48.4 Å². The van der Waals surface area contributed by atoms with Gasteiger partial charge in [0.15, 0.2) is 0 Å². The minimum absolute atomic E-state index is 0.423. The molecule has 2 rings (SSSR count). The van der Waals surface area contributed by atoms with Gasteiger partial charge in [0.2, 0.25) is 0 Å². The molecule has 0 amide bonds. The molecule has 0 spiro atoms. The van der Waals surface area contributed by atoms with Gasteiger partial charge in [0.25, 0.3) is 0 Å². The Hall–Kier alpha value is -0.425. The van der Waals surface area contributed by atoms with Crippen LogP contribution in [0.3, 0.4) is 0 Å². The van der Waals surface area contributed by atoms with Crippen LogP contribution in [0.5, 0.6) is 0 Å². The summed E-state index contributed by atoms with van der Waals surface area (Å²) in [6, 6.07) is 1.60. The molecule has 1 saturated heterocycles. The average molecular weight is 302 g/mol. The maximum Gasteiger partial charge on any atom is 0.497 e. The summed E-state index contributed by atoms with van der Waals surface area (Å²) in [6.45, 7) is 7.90. The van der Waals surface area contributed by atoms with E-state index in [9.17, 15) is 4.21 Å². The van der Waals surface area contributed by atoms with Crippen LogP contribution in [0.15, 0.2) is 17.3 Å². The van der Waals surface area contributed by atoms with Crippen molar-refractivity contribution in [2.24, 2.45) is 0 Å². The SMILES string of the molecule is CS(=O)c1cc(Cl)c(B2OC(C)(C)C(C)(C)O2)cn1. The number of hydrogen-bond acceptors (Lipinski definition) is 4. The standard InChI is InChI=1S/C12H17BClNO3S/c1-11(2)12(3,4)18-13(17-11)8-7-15-10(19(5)16)6-9(8)14/h6-7H,1-5H3. The minimum atomic E-state index is -1.16. The molecule has 19 heavy (non-hydrogen) atoms. The average Bonchev–Trinajstić information content (AvgIpc) is 2.47. The number of pyridine rings is 1. The van der Waals surface area contributed by atoms with Gasteiger partial charge in [-0.05, 0) is 33.8 Å². The Bertz CT molecular complexity index is 520. The number of rotatable bonds is 2. The van der Waals surface area contributed by atoms with Crippen molar-refractivity contribution in [2.75, 3.05) is 6.26 Å². The van der Waals surface area contributed by atoms with E-state index in [4.69, 9.17) is 20.9 Å². The first kappa shape index (κ1) is 15.0. The second-order valence-electron chi connectivity index (χ2n) is 5.59. The van der Waals surface area contributed by atoms with Gasteiger partial charge in [-0.1, -0.05) is 11.6 Å². The molecule has 2 heterocycles. The highest BCUT2D eigenvalue weighted by Crippen LogP contribution is 2.36. The van der Waals surface area contributed by atoms with Gasteiger partial charge >= 0.3 is 7.12 Å². The van der Waals surface area contributed by atoms with Gasteiger partial charge < -0.3 is 9.31 Å². The van der Waals surface area contributed by atoms with E-state index in [1.165, 1.54) is 0 Å². The first-order valence-corrected chi connectivity index (χ1v) is 7.92. The van der Waals surface area contributed by atoms with Crippen molar-refractivity contribution in [1.82, 2.24) is 4.98 Å². The van der Waals surface area contributed by atoms with Crippen LogP contribution < -0.4 is 5.46 Å². The molecule has 1 aromatic rings. The molecule has 1 aliphatic rings. The molecule has 0 aliphatic carbocycles. The second kappa shape index (κ2) is 4.84. The summed E-state index contributed by atoms with van der Waals surface area (Å²) in [7, 11) is -1.71. The van der Waals surface area contributed by atoms with Crippen molar-refractivity contribution in [1.29, 1.82) is 0 Å². The van der Waals surface area contributed by atoms with Crippen LogP contribution in [0.4, 0.5) is 0 Å². The fourth-order valence-corrected chi connectivity index (χ4v) is 2.52. The number of halogens is 1. The van der Waals surface area contributed by atoms with Gasteiger partial charge in [-0.25, -0.2) is 4.98 Å². The summed E-state index contributed by atoms with van der Waals surface area (Å²) in [6.07, 6.45) is 3.13. The predicted octanol–water partition coefficient (Wildman–Crippen LogP) is 1.77. The summed E-state index contributed by atoms with van der Waals surface area (Å²) in [5.41, 5.74) is -0.185. The van der Waals surface area contributed by atoms with Gasteiger partial charge in [-0.2, -0.15) is 0 Å². The molecule has 0 aromatic carbocycles. The highest BCUT2D eigenvalue weighted by Gasteiger charge is 2.52. The van der Waals surface area contributed by atoms with Crippen molar-refractivity contribution in [2.45, 2.75) is 43.9 Å². The third-order valence-corrected chi connectivity index (χ3v) is 4.80. The van der Waals surface area contributed by atoms with Crippen LogP contribution in [0.1, 0.15) is 27.7 Å². The maximum absolute atomic E-state index is 11.4. The van der Waals surface area contributed by atoms with E-state index in [0.29, 0.717) is 15.5 Å². The molecule has 7 heteroatoms. The number of hydrogen-bond donors (Lipinski definition) is 0. The highest BCUT2D eigenvalue weighted by molar-refractivity contribution is 7.84. The lowest BCUT2D eigenvalue weighted by Crippen LogP contribution is -2.41. The lowest BCUT2D eigenvalue weighted by atomic mass is 9.80. The summed E-state index contributed by atoms with van der Waals surface area (Å²) >= 11 is 6.21. The Morgan fingerprint density at radius 3 is 2.21 bits per heavy atom. The molecule has 1 aliphatic heterocycles. The van der Waals surface area contributed by atoms with E-state index >= 15 is 0 Å². The zero-order valence-corrected chi connectivity index (χ0v) is 13.3. The quantitative estimate of drug-likeness (QED) is 0.781. The molecule has 1 fully saturated rings. The Morgan fingerprint density at radius 2 is 1.79 bits per heavy atom. The number of aromatic nitrogens is 1. The first-order valence-electron chi connectivity index (χ1n) is 5.98. The fraction of sp³-hybridized carbons (Fsp3) is 0.583. The van der Waals surface area contributed by atoms with Gasteiger partial charge in [0.05, 0.1) is 22.0 Å². The first-order chi connectivity index (χ1) is 8.64. The fourth-order valence-electron chi connectivity index (χ4n) is 1.72. The summed E-state index contributed by atoms with van der Waals surface area (Å²) in [5, 5.41) is 0.906. The minimum Gasteiger partial charge on any atom is -0.399 e. The van der Waals surface area contributed by atoms with Gasteiger partial charge in [0.1, 0.15) is 5.03 Å². The lowest BCUT2D eigenvalue weighted by molar-refractivity contribution is 0.00578. The normalized spacial score (nSPS) is 22.5. The lowest BCUT2D eigenvalue weighted by Gasteiger charge is -2.32. The molecule has 0 saturated carbocycles. The third kappa shape index (κ3) is 2.72. The molecule has 0 bridgehead atoms. The van der Waals surface area contributed by atoms with Gasteiger partial charge in [-0.15, -0.1) is 0 Å². The Labute approximate surface area is 121 Å². The molecule has 1 aromatic heterocycles. The molecular weight excluding hydrogens is 284 g/mol. The zero-order valence-electron chi connectivity index (χ0n) is 11.7. The number of nitrogens with zero attached hydrogens (tertiary/aromatic N) is 1. The van der Waals surface area contributed by atoms with E-state index in [-0.39, 0.29) is 0 Å². The van der Waals surface area contributed by atoms with E-state index in [1.54, 1.807) is 18.5 Å². The second-order valence-corrected chi connectivity index (χ2v) is 7.32. The van der Waals surface area contributed by atoms with Crippen molar-refractivity contribution in [3.8, 4) is 0 Å². The Morgan fingerprint density at radius 1 is 1.26 bits per heavy atom. The van der Waals surface area contributed by atoms with Crippen molar-refractivity contribution >= 4 is 35.0 Å². The van der Waals surface area contributed by atoms with Crippen LogP contribution in [0.25, 0.3) is 0 Å². The smallest absolute Gasteiger partial charge is 0.399 e. The summed E-state index contributed by atoms with van der Waals surface area (Å²) in [4.78, 5) is 4.13. The van der Waals surface area contributed by atoms with Crippen LogP contribution in [-0.2, 0) is 20.1 Å². The van der Waals surface area contributed by atoms with Crippen molar-refractivity contribution in [3.05, 3.63) is 17.3 Å². The Kier molecular flexibility index (Phi) is 3.82. The predicted molar refractivity (Wildman–Crippen MR) is 77.3 cm³/mol. The van der Waals surface area contributed by atoms with Crippen molar-refractivity contribution < 1.29 is 13.5 Å². The van der Waals surface area contributed by atoms with Crippen molar-refractivity contribution in [3.63, 3.8) is 0 Å². The molecule has 0 radical (unpaired) electrons. The molecule has 4 nitrogen and oxygen atoms in total. The molecule has 1 unspecified atom stereocenters. The highest BCUT2D eigenvalue weighted by atomic mass is 35.5. The molecular formula is C12H17BClNO3S. The van der Waals surface area contributed by atoms with Gasteiger partial charge in [0, 0.05) is 22.9 Å². The molecule has 0 N–H and O–H groups in total. The monoisotopic (exact) mass is 301 g/mol. The van der Waals surface area contributed by atoms with E-state index in [0.717, 1.165) is 0 Å². The van der Waals surface area contributed by atoms with E-state index in [1.807, 2.05) is 27.7 Å². The van der Waals surface area contributed by atoms with E-state index < -0.39 is 29.1 Å². The van der Waals surface area contributed by atoms with Crippen LogP contribution >= 0.6 is 11.6 Å². The third-order valence-electron chi connectivity index (χ3n) is 3.66. The van der Waals surface area contributed by atoms with Gasteiger partial charge in [-0.3, -0.25) is 4.21 Å². The zero-order chi connectivity index (χ0) is 14.4. The summed E-state index contributed by atoms with van der Waals surface area (Å²) in [5.74, 6) is 0. The molecule has 1 atom stereocenters. The van der Waals surface area contributed by atoms with E-state index in [2.05, 4.69) is 4.98 Å². The Balaban J connectivity index is 2.33. The summed E-state index contributed by atoms with van der Waals surface area (Å²) < 4.78 is 23.2. The maximum atomic E-state index is 11.4. The molecule has 104 valence electrons. The van der Waals surface area contributed by atoms with Crippen LogP contribution in [0.2, 0.25) is 5.02 Å². The largest absolute Gasteiger partial charge is 0.497 e. The van der Waals surface area contributed by atoms with Crippen LogP contribution in [0, 0.1) is 0 Å². The van der Waals surface area contributed by atoms with Crippen LogP contribution in [-0.4, -0.2) is 33.8 Å².